The van der Waals surface area contributed by atoms with Gasteiger partial charge in [-0.3, -0.25) is 4.79 Å². The molecule has 0 heterocycles. The summed E-state index contributed by atoms with van der Waals surface area (Å²) in [5, 5.41) is 28.0. The summed E-state index contributed by atoms with van der Waals surface area (Å²) in [5.74, 6) is -4.00. The molecule has 0 aromatic heterocycles. The summed E-state index contributed by atoms with van der Waals surface area (Å²) in [6.45, 7) is 0. The van der Waals surface area contributed by atoms with Gasteiger partial charge in [0.05, 0.1) is 24.4 Å². The number of benzene rings is 1. The molecule has 1 rings (SSSR count). The van der Waals surface area contributed by atoms with Gasteiger partial charge in [-0.25, -0.2) is 0 Å². The number of hydrogen-bond donors (Lipinski definition) is 3. The van der Waals surface area contributed by atoms with E-state index in [0.717, 1.165) is 5.56 Å². The van der Waals surface area contributed by atoms with E-state index >= 15 is 0 Å². The van der Waals surface area contributed by atoms with Crippen LogP contribution in [0, 0.1) is 0 Å². The third-order valence-corrected chi connectivity index (χ3v) is 2.30. The van der Waals surface area contributed by atoms with Crippen molar-refractivity contribution in [3.05, 3.63) is 35.9 Å². The van der Waals surface area contributed by atoms with E-state index in [2.05, 4.69) is 0 Å². The predicted molar refractivity (Wildman–Crippen MR) is 68.4 cm³/mol. The second-order valence-corrected chi connectivity index (χ2v) is 4.14. The molecule has 5 N–H and O–H groups in total. The van der Waals surface area contributed by atoms with Crippen LogP contribution in [-0.2, 0) is 20.8 Å². The summed E-state index contributed by atoms with van der Waals surface area (Å²) in [6.07, 6.45) is -0.272. The van der Waals surface area contributed by atoms with Crippen molar-refractivity contribution in [3.63, 3.8) is 0 Å². The zero-order valence-corrected chi connectivity index (χ0v) is 17.1. The van der Waals surface area contributed by atoms with Crippen molar-refractivity contribution < 1.29 is 88.8 Å². The van der Waals surface area contributed by atoms with E-state index in [1.807, 2.05) is 30.3 Å². The van der Waals surface area contributed by atoms with Crippen LogP contribution in [0.3, 0.4) is 0 Å². The molecule has 1 aromatic carbocycles. The van der Waals surface area contributed by atoms with Gasteiger partial charge >= 0.3 is 65.1 Å². The van der Waals surface area contributed by atoms with Gasteiger partial charge in [0.1, 0.15) is 0 Å². The molecule has 1 aromatic rings. The van der Waals surface area contributed by atoms with Crippen LogP contribution in [0.1, 0.15) is 12.0 Å². The van der Waals surface area contributed by atoms with Gasteiger partial charge < -0.3 is 36.4 Å². The fourth-order valence-electron chi connectivity index (χ4n) is 1.22. The molecule has 0 aliphatic rings. The van der Waals surface area contributed by atoms with Crippen molar-refractivity contribution in [3.8, 4) is 0 Å². The Labute approximate surface area is 177 Å². The molecule has 0 unspecified atom stereocenters. The smallest absolute Gasteiger partial charge is 0.548 e. The SMILES string of the molecule is N[C@@H](CC(=O)O)C(=O)[O-].N[C@@H](Cc1ccccc1)C(=O)[O-].[Na+].[Na+]. The van der Waals surface area contributed by atoms with Crippen LogP contribution in [0.15, 0.2) is 30.3 Å². The molecule has 0 aliphatic heterocycles. The number of carboxylic acids is 3. The van der Waals surface area contributed by atoms with Crippen LogP contribution in [0.2, 0.25) is 0 Å². The third kappa shape index (κ3) is 14.9. The van der Waals surface area contributed by atoms with Crippen molar-refractivity contribution in [2.75, 3.05) is 0 Å². The minimum Gasteiger partial charge on any atom is -0.548 e. The maximum atomic E-state index is 10.3. The van der Waals surface area contributed by atoms with E-state index in [-0.39, 0.29) is 59.1 Å². The normalized spacial score (nSPS) is 11.4. The molecule has 0 spiro atoms. The summed E-state index contributed by atoms with van der Waals surface area (Å²) in [4.78, 5) is 29.7. The molecule has 0 aliphatic carbocycles. The van der Waals surface area contributed by atoms with E-state index in [0.29, 0.717) is 6.42 Å². The molecule has 116 valence electrons. The number of hydrogen-bond acceptors (Lipinski definition) is 7. The van der Waals surface area contributed by atoms with E-state index in [9.17, 15) is 24.6 Å². The van der Waals surface area contributed by atoms with E-state index in [4.69, 9.17) is 16.6 Å². The predicted octanol–water partition coefficient (Wildman–Crippen LogP) is -9.15. The first-order valence-corrected chi connectivity index (χ1v) is 5.92. The number of nitrogens with two attached hydrogens (primary N) is 2. The first kappa shape index (κ1) is 27.4. The van der Waals surface area contributed by atoms with Crippen LogP contribution in [0.5, 0.6) is 0 Å². The van der Waals surface area contributed by atoms with Crippen molar-refractivity contribution in [1.82, 2.24) is 0 Å². The van der Waals surface area contributed by atoms with Gasteiger partial charge in [0, 0.05) is 6.04 Å². The molecular formula is C13H16N2Na2O6. The van der Waals surface area contributed by atoms with Gasteiger partial charge in [0.2, 0.25) is 0 Å². The van der Waals surface area contributed by atoms with E-state index in [1.54, 1.807) is 0 Å². The Kier molecular flexibility index (Phi) is 18.0. The topological polar surface area (TPSA) is 170 Å². The number of carbonyl (C=O) groups is 3. The Hall–Kier alpha value is -0.450. The summed E-state index contributed by atoms with van der Waals surface area (Å²) in [7, 11) is 0. The van der Waals surface area contributed by atoms with Gasteiger partial charge in [-0.15, -0.1) is 0 Å². The largest absolute Gasteiger partial charge is 1.00 e. The molecule has 23 heavy (non-hydrogen) atoms. The molecule has 0 fully saturated rings. The van der Waals surface area contributed by atoms with Crippen LogP contribution < -0.4 is 80.8 Å². The summed E-state index contributed by atoms with van der Waals surface area (Å²) in [6, 6.07) is 6.92. The Morgan fingerprint density at radius 2 is 1.39 bits per heavy atom. The van der Waals surface area contributed by atoms with Crippen LogP contribution in [0.25, 0.3) is 0 Å². The van der Waals surface area contributed by atoms with Gasteiger partial charge in [-0.05, 0) is 12.0 Å². The Balaban J connectivity index is -0.000000332. The summed E-state index contributed by atoms with van der Waals surface area (Å²) >= 11 is 0. The standard InChI is InChI=1S/C9H11NO2.C4H7NO4.2Na/c10-8(9(11)12)6-7-4-2-1-3-5-7;5-2(4(8)9)1-3(6)7;;/h1-5,8H,6,10H2,(H,11,12);2H,1,5H2,(H,6,7)(H,8,9);;/q;;2*+1/p-2/t8-;2-;;/m00../s1. The minimum atomic E-state index is -1.54. The molecule has 0 saturated heterocycles. The molecule has 2 atom stereocenters. The number of carbonyl (C=O) groups excluding carboxylic acids is 2. The van der Waals surface area contributed by atoms with Crippen molar-refractivity contribution >= 4 is 17.9 Å². The molecular weight excluding hydrogens is 326 g/mol. The molecule has 0 saturated carbocycles. The molecule has 8 nitrogen and oxygen atoms in total. The molecule has 0 bridgehead atoms. The monoisotopic (exact) mass is 342 g/mol. The van der Waals surface area contributed by atoms with Crippen LogP contribution in [0.4, 0.5) is 0 Å². The fourth-order valence-corrected chi connectivity index (χ4v) is 1.22. The van der Waals surface area contributed by atoms with Crippen molar-refractivity contribution in [2.45, 2.75) is 24.9 Å². The Morgan fingerprint density at radius 1 is 0.957 bits per heavy atom. The maximum Gasteiger partial charge on any atom is 1.00 e. The molecule has 10 heteroatoms. The molecule has 0 radical (unpaired) electrons. The van der Waals surface area contributed by atoms with Gasteiger partial charge in [0.15, 0.2) is 0 Å². The second kappa shape index (κ2) is 15.1. The minimum absolute atomic E-state index is 0. The number of aliphatic carboxylic acids is 3. The van der Waals surface area contributed by atoms with E-state index < -0.39 is 36.4 Å². The van der Waals surface area contributed by atoms with Crippen molar-refractivity contribution in [2.24, 2.45) is 11.5 Å². The van der Waals surface area contributed by atoms with Crippen molar-refractivity contribution in [1.29, 1.82) is 0 Å². The Bertz CT molecular complexity index is 487. The van der Waals surface area contributed by atoms with Gasteiger partial charge in [-0.1, -0.05) is 30.3 Å². The second-order valence-electron chi connectivity index (χ2n) is 4.14. The number of rotatable bonds is 6. The van der Waals surface area contributed by atoms with Crippen LogP contribution in [-0.4, -0.2) is 35.1 Å². The van der Waals surface area contributed by atoms with Crippen LogP contribution >= 0.6 is 0 Å². The molecule has 0 amide bonds. The first-order valence-electron chi connectivity index (χ1n) is 5.92. The summed E-state index contributed by atoms with van der Waals surface area (Å²) < 4.78 is 0. The average molecular weight is 342 g/mol. The average Bonchev–Trinajstić information content (AvgIpc) is 2.39. The first-order chi connectivity index (χ1) is 9.73. The summed E-state index contributed by atoms with van der Waals surface area (Å²) in [5.41, 5.74) is 11.0. The zero-order chi connectivity index (χ0) is 16.4. The Morgan fingerprint density at radius 3 is 1.70 bits per heavy atom. The fraction of sp³-hybridized carbons (Fsp3) is 0.308. The van der Waals surface area contributed by atoms with Gasteiger partial charge in [0.25, 0.3) is 0 Å². The van der Waals surface area contributed by atoms with Gasteiger partial charge in [-0.2, -0.15) is 0 Å². The number of carboxylic acid groups (broad SMARTS) is 3. The third-order valence-electron chi connectivity index (χ3n) is 2.30. The quantitative estimate of drug-likeness (QED) is 0.428. The maximum absolute atomic E-state index is 10.3. The zero-order valence-electron chi connectivity index (χ0n) is 13.1. The van der Waals surface area contributed by atoms with E-state index in [1.165, 1.54) is 0 Å².